The van der Waals surface area contributed by atoms with E-state index in [0.29, 0.717) is 17.1 Å². The maximum absolute atomic E-state index is 13.0. The molecular formula is C18H20F3N3S. The van der Waals surface area contributed by atoms with E-state index in [0.717, 1.165) is 17.3 Å². The summed E-state index contributed by atoms with van der Waals surface area (Å²) in [6, 6.07) is 11.1. The summed E-state index contributed by atoms with van der Waals surface area (Å²) in [4.78, 5) is 2.72. The predicted molar refractivity (Wildman–Crippen MR) is 95.8 cm³/mol. The Kier molecular flexibility index (Phi) is 6.11. The van der Waals surface area contributed by atoms with Crippen molar-refractivity contribution in [2.75, 3.05) is 11.4 Å². The van der Waals surface area contributed by atoms with Crippen LogP contribution in [0, 0.1) is 12.5 Å². The Morgan fingerprint density at radius 2 is 1.80 bits per heavy atom. The zero-order valence-corrected chi connectivity index (χ0v) is 15.1. The molecule has 0 spiro atoms. The predicted octanol–water partition coefficient (Wildman–Crippen LogP) is 6.64. The molecule has 0 aliphatic carbocycles. The Morgan fingerprint density at radius 1 is 1.16 bits per heavy atom. The summed E-state index contributed by atoms with van der Waals surface area (Å²) in [5, 5.41) is 3.32. The van der Waals surface area contributed by atoms with Crippen molar-refractivity contribution in [3.05, 3.63) is 53.6 Å². The molecule has 1 atom stereocenters. The molecule has 7 heteroatoms. The van der Waals surface area contributed by atoms with E-state index in [-0.39, 0.29) is 5.37 Å². The molecule has 2 aromatic carbocycles. The summed E-state index contributed by atoms with van der Waals surface area (Å²) in [6.45, 7) is 6.50. The Morgan fingerprint density at radius 3 is 2.32 bits per heavy atom. The number of rotatable bonds is 6. The first-order chi connectivity index (χ1) is 11.8. The fraction of sp³-hybridized carbons (Fsp3) is 0.333. The molecule has 1 unspecified atom stereocenters. The van der Waals surface area contributed by atoms with E-state index in [2.05, 4.69) is 10.0 Å². The number of aryl methyl sites for hydroxylation is 1. The second kappa shape index (κ2) is 7.91. The Hall–Kier alpha value is -2.02. The molecule has 0 saturated heterocycles. The van der Waals surface area contributed by atoms with Crippen LogP contribution in [0.25, 0.3) is 0 Å². The van der Waals surface area contributed by atoms with Crippen molar-refractivity contribution in [2.45, 2.75) is 37.2 Å². The first-order valence-electron chi connectivity index (χ1n) is 7.85. The van der Waals surface area contributed by atoms with Gasteiger partial charge in [0.2, 0.25) is 0 Å². The average molecular weight is 367 g/mol. The van der Waals surface area contributed by atoms with Crippen LogP contribution < -0.4 is 4.90 Å². The number of thioether (sulfide) groups is 1. The summed E-state index contributed by atoms with van der Waals surface area (Å²) in [7, 11) is 0. The highest BCUT2D eigenvalue weighted by molar-refractivity contribution is 8.00. The largest absolute Gasteiger partial charge is 0.416 e. The van der Waals surface area contributed by atoms with E-state index >= 15 is 0 Å². The van der Waals surface area contributed by atoms with E-state index < -0.39 is 11.7 Å². The van der Waals surface area contributed by atoms with Crippen molar-refractivity contribution in [1.82, 2.24) is 0 Å². The normalized spacial score (nSPS) is 12.7. The number of alkyl halides is 3. The smallest absolute Gasteiger partial charge is 0.360 e. The number of nitrogens with zero attached hydrogens (tertiary/aromatic N) is 2. The lowest BCUT2D eigenvalue weighted by Crippen LogP contribution is -2.30. The van der Waals surface area contributed by atoms with Gasteiger partial charge in [-0.1, -0.05) is 6.07 Å². The molecule has 0 saturated carbocycles. The van der Waals surface area contributed by atoms with Gasteiger partial charge >= 0.3 is 6.18 Å². The van der Waals surface area contributed by atoms with Gasteiger partial charge in [0.05, 0.1) is 16.6 Å². The molecule has 1 N–H and O–H groups in total. The number of nitrogens with one attached hydrogen (secondary N) is 1. The summed E-state index contributed by atoms with van der Waals surface area (Å²) in [5.41, 5.74) is 8.71. The quantitative estimate of drug-likeness (QED) is 0.353. The number of benzene rings is 2. The second-order valence-corrected chi connectivity index (χ2v) is 6.97. The highest BCUT2D eigenvalue weighted by Crippen LogP contribution is 2.36. The Balaban J connectivity index is 2.24. The minimum Gasteiger partial charge on any atom is -0.360 e. The van der Waals surface area contributed by atoms with Gasteiger partial charge in [-0.05, 0) is 62.7 Å². The number of halogens is 3. The zero-order valence-electron chi connectivity index (χ0n) is 14.3. The number of hydrogen-bond acceptors (Lipinski definition) is 4. The van der Waals surface area contributed by atoms with Gasteiger partial charge in [-0.2, -0.15) is 18.3 Å². The molecule has 0 heterocycles. The van der Waals surface area contributed by atoms with Crippen LogP contribution in [0.3, 0.4) is 0 Å². The third-order valence-corrected chi connectivity index (χ3v) is 5.19. The monoisotopic (exact) mass is 367 g/mol. The average Bonchev–Trinajstić information content (AvgIpc) is 2.57. The second-order valence-electron chi connectivity index (χ2n) is 5.61. The van der Waals surface area contributed by atoms with Crippen LogP contribution in [0.2, 0.25) is 0 Å². The Labute approximate surface area is 149 Å². The molecule has 0 aliphatic heterocycles. The molecule has 25 heavy (non-hydrogen) atoms. The fourth-order valence-electron chi connectivity index (χ4n) is 2.52. The van der Waals surface area contributed by atoms with Crippen molar-refractivity contribution in [3.63, 3.8) is 0 Å². The summed E-state index contributed by atoms with van der Waals surface area (Å²) in [6.07, 6.45) is -4.34. The van der Waals surface area contributed by atoms with E-state index in [9.17, 15) is 13.2 Å². The summed E-state index contributed by atoms with van der Waals surface area (Å²) < 4.78 is 38.9. The van der Waals surface area contributed by atoms with Crippen LogP contribution >= 0.6 is 11.8 Å². The molecule has 0 radical (unpaired) electrons. The maximum atomic E-state index is 13.0. The highest BCUT2D eigenvalue weighted by atomic mass is 32.2. The van der Waals surface area contributed by atoms with E-state index in [1.54, 1.807) is 12.1 Å². The van der Waals surface area contributed by atoms with Gasteiger partial charge in [-0.3, -0.25) is 0 Å². The molecule has 0 aromatic heterocycles. The van der Waals surface area contributed by atoms with Crippen LogP contribution in [0.15, 0.2) is 52.5 Å². The summed E-state index contributed by atoms with van der Waals surface area (Å²) in [5.74, 6) is 0. The van der Waals surface area contributed by atoms with Gasteiger partial charge in [0, 0.05) is 17.1 Å². The lowest BCUT2D eigenvalue weighted by molar-refractivity contribution is -0.137. The molecule has 0 bridgehead atoms. The van der Waals surface area contributed by atoms with Crippen molar-refractivity contribution >= 4 is 23.1 Å². The number of hydrogen-bond donors (Lipinski definition) is 1. The van der Waals surface area contributed by atoms with Gasteiger partial charge < -0.3 is 4.90 Å². The van der Waals surface area contributed by atoms with Crippen molar-refractivity contribution in [2.24, 2.45) is 5.11 Å². The topological polar surface area (TPSA) is 39.5 Å². The van der Waals surface area contributed by atoms with Crippen LogP contribution in [0.4, 0.5) is 24.5 Å². The van der Waals surface area contributed by atoms with Crippen molar-refractivity contribution in [3.8, 4) is 0 Å². The highest BCUT2D eigenvalue weighted by Gasteiger charge is 2.31. The number of anilines is 1. The van der Waals surface area contributed by atoms with Gasteiger partial charge in [0.1, 0.15) is 0 Å². The van der Waals surface area contributed by atoms with E-state index in [1.165, 1.54) is 23.9 Å². The van der Waals surface area contributed by atoms with Crippen LogP contribution in [-0.4, -0.2) is 11.9 Å². The zero-order chi connectivity index (χ0) is 18.6. The molecule has 0 amide bonds. The fourth-order valence-corrected chi connectivity index (χ4v) is 3.73. The third kappa shape index (κ3) is 4.75. The molecular weight excluding hydrogens is 347 g/mol. The first kappa shape index (κ1) is 19.3. The van der Waals surface area contributed by atoms with Crippen LogP contribution in [0.1, 0.15) is 25.0 Å². The van der Waals surface area contributed by atoms with Gasteiger partial charge in [0.15, 0.2) is 0 Å². The molecule has 3 nitrogen and oxygen atoms in total. The van der Waals surface area contributed by atoms with E-state index in [4.69, 9.17) is 5.53 Å². The van der Waals surface area contributed by atoms with Crippen molar-refractivity contribution < 1.29 is 13.2 Å². The van der Waals surface area contributed by atoms with Gasteiger partial charge in [0.25, 0.3) is 0 Å². The SMILES string of the molecule is CCN(c1ccc(N=N)cc1)C(C)Sc1cc(C(F)(F)F)ccc1C. The van der Waals surface area contributed by atoms with Crippen molar-refractivity contribution in [1.29, 1.82) is 5.53 Å². The van der Waals surface area contributed by atoms with E-state index in [1.807, 2.05) is 32.9 Å². The van der Waals surface area contributed by atoms with Gasteiger partial charge in [-0.15, -0.1) is 11.8 Å². The molecule has 0 aliphatic rings. The van der Waals surface area contributed by atoms with Gasteiger partial charge in [-0.25, -0.2) is 5.53 Å². The minimum absolute atomic E-state index is 0.0500. The lowest BCUT2D eigenvalue weighted by Gasteiger charge is -2.30. The Bertz CT molecular complexity index is 729. The lowest BCUT2D eigenvalue weighted by atomic mass is 10.1. The summed E-state index contributed by atoms with van der Waals surface area (Å²) >= 11 is 1.40. The molecule has 2 rings (SSSR count). The third-order valence-electron chi connectivity index (χ3n) is 3.90. The molecule has 2 aromatic rings. The molecule has 134 valence electrons. The van der Waals surface area contributed by atoms with Crippen LogP contribution in [0.5, 0.6) is 0 Å². The molecule has 0 fully saturated rings. The standard InChI is InChI=1S/C18H20F3N3S/c1-4-24(16-9-7-15(23-22)8-10-16)13(3)25-17-11-14(18(19,20)21)6-5-12(17)2/h5-11,13,22H,4H2,1-3H3. The maximum Gasteiger partial charge on any atom is 0.416 e. The minimum atomic E-state index is -4.34. The first-order valence-corrected chi connectivity index (χ1v) is 8.73. The van der Waals surface area contributed by atoms with Crippen LogP contribution in [-0.2, 0) is 6.18 Å².